The summed E-state index contributed by atoms with van der Waals surface area (Å²) >= 11 is 1.33. The van der Waals surface area contributed by atoms with E-state index >= 15 is 0 Å². The second-order valence-corrected chi connectivity index (χ2v) is 9.44. The Kier molecular flexibility index (Phi) is 6.20. The number of thioether (sulfide) groups is 1. The van der Waals surface area contributed by atoms with Crippen molar-refractivity contribution < 1.29 is 14.0 Å². The maximum absolute atomic E-state index is 14.7. The Bertz CT molecular complexity index is 982. The zero-order valence-electron chi connectivity index (χ0n) is 17.3. The predicted octanol–water partition coefficient (Wildman–Crippen LogP) is 4.02. The number of carbonyl (C=O) groups is 2. The molecular weight excluding hydrogens is 401 g/mol. The first-order valence-electron chi connectivity index (χ1n) is 10.3. The van der Waals surface area contributed by atoms with Gasteiger partial charge < -0.3 is 0 Å². The molecule has 0 amide bonds. The number of aromatic nitrogens is 2. The minimum Gasteiger partial charge on any atom is -0.297 e. The van der Waals surface area contributed by atoms with E-state index in [4.69, 9.17) is 0 Å². The first-order chi connectivity index (χ1) is 14.4. The molecule has 1 aromatic heterocycles. The molecule has 5 nitrogen and oxygen atoms in total. The van der Waals surface area contributed by atoms with Crippen LogP contribution >= 0.6 is 11.8 Å². The Balaban J connectivity index is 1.68. The summed E-state index contributed by atoms with van der Waals surface area (Å²) in [6.45, 7) is 2.75. The van der Waals surface area contributed by atoms with Gasteiger partial charge >= 0.3 is 0 Å². The van der Waals surface area contributed by atoms with Gasteiger partial charge in [-0.1, -0.05) is 30.0 Å². The molecule has 158 valence electrons. The highest BCUT2D eigenvalue weighted by molar-refractivity contribution is 8.14. The fourth-order valence-corrected chi connectivity index (χ4v) is 5.03. The minimum absolute atomic E-state index is 0.0310. The van der Waals surface area contributed by atoms with E-state index < -0.39 is 6.04 Å². The third-order valence-corrected chi connectivity index (χ3v) is 6.95. The van der Waals surface area contributed by atoms with Gasteiger partial charge in [0, 0.05) is 50.0 Å². The molecule has 1 aliphatic heterocycles. The van der Waals surface area contributed by atoms with Crippen LogP contribution in [0.5, 0.6) is 0 Å². The number of hydrogen-bond acceptors (Lipinski definition) is 5. The average Bonchev–Trinajstić information content (AvgIpc) is 3.48. The van der Waals surface area contributed by atoms with Crippen LogP contribution < -0.4 is 0 Å². The van der Waals surface area contributed by atoms with Crippen LogP contribution in [-0.4, -0.2) is 43.9 Å². The summed E-state index contributed by atoms with van der Waals surface area (Å²) in [5.74, 6) is -0.199. The highest BCUT2D eigenvalue weighted by atomic mass is 32.2. The standard InChI is InChI=1S/C23H26FN3O2S/c1-15(28)30-21-10-12-27(14-17(21)13-18-9-11-25-26(18)2)22(23(29)16-7-8-16)19-5-3-4-6-20(19)24/h3-6,9,11,13,16,21-22H,7-8,10,12,14H2,1-2H3/b17-13+. The van der Waals surface area contributed by atoms with Gasteiger partial charge in [0.15, 0.2) is 10.9 Å². The lowest BCUT2D eigenvalue weighted by Gasteiger charge is -2.38. The summed E-state index contributed by atoms with van der Waals surface area (Å²) in [6.07, 6.45) is 6.30. The SMILES string of the molecule is CC(=O)SC1CCN(C(C(=O)C2CC2)c2ccccc2F)C/C1=C\c1ccnn1C. The van der Waals surface area contributed by atoms with Crippen LogP contribution in [0.2, 0.25) is 0 Å². The number of aryl methyl sites for hydroxylation is 1. The first kappa shape index (κ1) is 21.0. The van der Waals surface area contributed by atoms with Crippen molar-refractivity contribution in [3.05, 3.63) is 59.2 Å². The highest BCUT2D eigenvalue weighted by Gasteiger charge is 2.41. The molecule has 1 aliphatic carbocycles. The molecule has 0 spiro atoms. The number of benzene rings is 1. The third kappa shape index (κ3) is 4.57. The molecular formula is C23H26FN3O2S. The number of piperidine rings is 1. The number of rotatable bonds is 6. The van der Waals surface area contributed by atoms with Crippen molar-refractivity contribution in [3.63, 3.8) is 0 Å². The van der Waals surface area contributed by atoms with E-state index in [1.165, 1.54) is 17.8 Å². The summed E-state index contributed by atoms with van der Waals surface area (Å²) < 4.78 is 16.5. The van der Waals surface area contributed by atoms with Crippen molar-refractivity contribution in [1.29, 1.82) is 0 Å². The molecule has 2 atom stereocenters. The number of carbonyl (C=O) groups excluding carboxylic acids is 2. The van der Waals surface area contributed by atoms with E-state index in [0.29, 0.717) is 18.7 Å². The number of ketones is 1. The average molecular weight is 428 g/mol. The van der Waals surface area contributed by atoms with Crippen molar-refractivity contribution in [3.8, 4) is 0 Å². The van der Waals surface area contributed by atoms with Gasteiger partial charge in [-0.15, -0.1) is 0 Å². The highest BCUT2D eigenvalue weighted by Crippen LogP contribution is 2.40. The molecule has 0 bridgehead atoms. The number of halogens is 1. The van der Waals surface area contributed by atoms with Gasteiger partial charge in [0.2, 0.25) is 0 Å². The molecule has 0 N–H and O–H groups in total. The Morgan fingerprint density at radius 1 is 1.23 bits per heavy atom. The molecule has 1 saturated heterocycles. The summed E-state index contributed by atoms with van der Waals surface area (Å²) in [7, 11) is 1.87. The van der Waals surface area contributed by atoms with Crippen LogP contribution in [0.15, 0.2) is 42.1 Å². The lowest BCUT2D eigenvalue weighted by molar-refractivity contribution is -0.126. The lowest BCUT2D eigenvalue weighted by atomic mass is 9.93. The van der Waals surface area contributed by atoms with Crippen molar-refractivity contribution in [1.82, 2.24) is 14.7 Å². The molecule has 7 heteroatoms. The third-order valence-electron chi connectivity index (χ3n) is 5.79. The number of hydrogen-bond donors (Lipinski definition) is 0. The van der Waals surface area contributed by atoms with Gasteiger partial charge in [-0.25, -0.2) is 4.39 Å². The molecule has 4 rings (SSSR count). The molecule has 2 unspecified atom stereocenters. The van der Waals surface area contributed by atoms with Crippen LogP contribution in [0.25, 0.3) is 6.08 Å². The fourth-order valence-electron chi connectivity index (χ4n) is 4.11. The van der Waals surface area contributed by atoms with Crippen LogP contribution in [0.1, 0.15) is 43.5 Å². The predicted molar refractivity (Wildman–Crippen MR) is 116 cm³/mol. The maximum Gasteiger partial charge on any atom is 0.186 e. The zero-order valence-corrected chi connectivity index (χ0v) is 18.1. The van der Waals surface area contributed by atoms with E-state index in [2.05, 4.69) is 16.1 Å². The number of nitrogens with zero attached hydrogens (tertiary/aromatic N) is 3. The van der Waals surface area contributed by atoms with Crippen molar-refractivity contribution in [2.75, 3.05) is 13.1 Å². The molecule has 1 saturated carbocycles. The van der Waals surface area contributed by atoms with Gasteiger partial charge in [0.05, 0.1) is 11.7 Å². The Hall–Kier alpha value is -2.25. The van der Waals surface area contributed by atoms with Crippen LogP contribution in [-0.2, 0) is 16.6 Å². The Morgan fingerprint density at radius 2 is 2.00 bits per heavy atom. The number of likely N-dealkylation sites (tertiary alicyclic amines) is 1. The monoisotopic (exact) mass is 427 g/mol. The number of Topliss-reactive ketones (excluding diaryl/α,β-unsaturated/α-hetero) is 1. The van der Waals surface area contributed by atoms with E-state index in [-0.39, 0.29) is 27.9 Å². The van der Waals surface area contributed by atoms with Crippen molar-refractivity contribution >= 4 is 28.7 Å². The van der Waals surface area contributed by atoms with Gasteiger partial charge in [-0.2, -0.15) is 5.10 Å². The van der Waals surface area contributed by atoms with Gasteiger partial charge in [0.25, 0.3) is 0 Å². The normalized spacial score (nSPS) is 22.2. The second-order valence-electron chi connectivity index (χ2n) is 8.06. The summed E-state index contributed by atoms with van der Waals surface area (Å²) in [5, 5.41) is 4.34. The van der Waals surface area contributed by atoms with E-state index in [1.807, 2.05) is 13.1 Å². The maximum atomic E-state index is 14.7. The molecule has 1 aromatic carbocycles. The van der Waals surface area contributed by atoms with Crippen LogP contribution in [0.3, 0.4) is 0 Å². The minimum atomic E-state index is -0.586. The summed E-state index contributed by atoms with van der Waals surface area (Å²) in [4.78, 5) is 27.1. The molecule has 0 radical (unpaired) electrons. The van der Waals surface area contributed by atoms with Crippen LogP contribution in [0.4, 0.5) is 4.39 Å². The van der Waals surface area contributed by atoms with Gasteiger partial charge in [-0.05, 0) is 43.0 Å². The first-order valence-corrected chi connectivity index (χ1v) is 11.2. The van der Waals surface area contributed by atoms with Crippen LogP contribution in [0, 0.1) is 11.7 Å². The quantitative estimate of drug-likeness (QED) is 0.697. The van der Waals surface area contributed by atoms with Gasteiger partial charge in [-0.3, -0.25) is 19.2 Å². The molecule has 2 aromatic rings. The van der Waals surface area contributed by atoms with E-state index in [1.54, 1.807) is 36.0 Å². The van der Waals surface area contributed by atoms with E-state index in [9.17, 15) is 14.0 Å². The topological polar surface area (TPSA) is 55.2 Å². The second kappa shape index (κ2) is 8.86. The van der Waals surface area contributed by atoms with Gasteiger partial charge in [0.1, 0.15) is 5.82 Å². The lowest BCUT2D eigenvalue weighted by Crippen LogP contribution is -2.43. The molecule has 2 heterocycles. The van der Waals surface area contributed by atoms with E-state index in [0.717, 1.165) is 30.5 Å². The fraction of sp³-hybridized carbons (Fsp3) is 0.435. The smallest absolute Gasteiger partial charge is 0.186 e. The zero-order chi connectivity index (χ0) is 21.3. The molecule has 30 heavy (non-hydrogen) atoms. The molecule has 2 aliphatic rings. The van der Waals surface area contributed by atoms with Crippen molar-refractivity contribution in [2.24, 2.45) is 13.0 Å². The summed E-state index contributed by atoms with van der Waals surface area (Å²) in [6, 6.07) is 7.92. The molecule has 2 fully saturated rings. The summed E-state index contributed by atoms with van der Waals surface area (Å²) in [5.41, 5.74) is 2.46. The van der Waals surface area contributed by atoms with Crippen molar-refractivity contribution in [2.45, 2.75) is 37.5 Å². The largest absolute Gasteiger partial charge is 0.297 e. The Labute approximate surface area is 180 Å². The Morgan fingerprint density at radius 3 is 2.63 bits per heavy atom.